The van der Waals surface area contributed by atoms with Gasteiger partial charge in [0, 0.05) is 6.54 Å². The zero-order chi connectivity index (χ0) is 20.5. The van der Waals surface area contributed by atoms with Crippen molar-refractivity contribution in [3.63, 3.8) is 0 Å². The predicted octanol–water partition coefficient (Wildman–Crippen LogP) is 2.81. The van der Waals surface area contributed by atoms with Crippen molar-refractivity contribution in [1.82, 2.24) is 15.0 Å². The molecule has 4 rings (SSSR count). The number of fused-ring (bicyclic) bond motifs is 1. The fraction of sp³-hybridized carbons (Fsp3) is 0.611. The molecular weight excluding hydrogens is 385 g/mol. The van der Waals surface area contributed by atoms with E-state index in [0.717, 1.165) is 12.8 Å². The smallest absolute Gasteiger partial charge is 0.410 e. The van der Waals surface area contributed by atoms with Crippen LogP contribution in [0, 0.1) is 11.2 Å². The van der Waals surface area contributed by atoms with Gasteiger partial charge in [-0.05, 0) is 57.6 Å². The molecule has 1 spiro atoms. The van der Waals surface area contributed by atoms with Gasteiger partial charge in [0.25, 0.3) is 0 Å². The third-order valence-corrected chi connectivity index (χ3v) is 10.3. The van der Waals surface area contributed by atoms with Gasteiger partial charge >= 0.3 is 6.09 Å². The molecule has 2 aliphatic heterocycles. The van der Waals surface area contributed by atoms with E-state index in [1.165, 1.54) is 12.1 Å². The Bertz CT molecular complexity index is 890. The minimum atomic E-state index is -2.63. The number of amidine groups is 1. The van der Waals surface area contributed by atoms with E-state index in [-0.39, 0.29) is 22.8 Å². The number of nitrogens with zero attached hydrogens (tertiary/aromatic N) is 2. The van der Waals surface area contributed by atoms with Crippen LogP contribution in [0.25, 0.3) is 0 Å². The van der Waals surface area contributed by atoms with Gasteiger partial charge < -0.3 is 15.4 Å². The maximum Gasteiger partial charge on any atom is 0.410 e. The van der Waals surface area contributed by atoms with E-state index >= 15 is 0 Å². The third-order valence-electron chi connectivity index (χ3n) is 6.55. The fourth-order valence-electron chi connectivity index (χ4n) is 4.46. The molecule has 1 aromatic heterocycles. The number of aromatic nitrogens is 1. The standard InChI is InChI=1S/C18H26FN5O3S/c1-16(2)14(23-15(25)26)24-17(3,13-10(19)4-5-12(20)22-13)11-8-18(6-7-18)9-21-28(11,16)27/h4-5,11,21,27H,6-9H2,1-3H3,(H2,20,22)(H,23,24)(H,25,26)/t11-,17+/m1/s1. The van der Waals surface area contributed by atoms with Gasteiger partial charge in [0.1, 0.15) is 28.7 Å². The van der Waals surface area contributed by atoms with Crippen LogP contribution in [0.15, 0.2) is 17.1 Å². The highest BCUT2D eigenvalue weighted by Crippen LogP contribution is 2.71. The van der Waals surface area contributed by atoms with Crippen LogP contribution < -0.4 is 15.8 Å². The van der Waals surface area contributed by atoms with Crippen molar-refractivity contribution in [2.75, 3.05) is 12.3 Å². The van der Waals surface area contributed by atoms with E-state index in [2.05, 4.69) is 20.0 Å². The van der Waals surface area contributed by atoms with Crippen LogP contribution in [0.1, 0.15) is 45.7 Å². The first-order chi connectivity index (χ1) is 12.9. The molecular formula is C18H26FN5O3S. The highest BCUT2D eigenvalue weighted by atomic mass is 32.3. The van der Waals surface area contributed by atoms with Crippen molar-refractivity contribution in [2.45, 2.75) is 55.6 Å². The summed E-state index contributed by atoms with van der Waals surface area (Å²) in [5.74, 6) is -0.333. The van der Waals surface area contributed by atoms with E-state index in [4.69, 9.17) is 5.73 Å². The quantitative estimate of drug-likeness (QED) is 0.483. The number of amides is 1. The summed E-state index contributed by atoms with van der Waals surface area (Å²) in [5.41, 5.74) is 4.66. The fourth-order valence-corrected chi connectivity index (χ4v) is 8.07. The second-order valence-corrected chi connectivity index (χ2v) is 11.9. The van der Waals surface area contributed by atoms with E-state index in [1.807, 2.05) is 0 Å². The van der Waals surface area contributed by atoms with Crippen LogP contribution >= 0.6 is 10.5 Å². The Kier molecular flexibility index (Phi) is 4.02. The molecule has 0 radical (unpaired) electrons. The van der Waals surface area contributed by atoms with Gasteiger partial charge in [0.05, 0.1) is 10.00 Å². The number of aliphatic imine (C=N–C) groups is 1. The normalized spacial score (nSPS) is 37.3. The molecule has 2 fully saturated rings. The van der Waals surface area contributed by atoms with Crippen molar-refractivity contribution in [3.05, 3.63) is 23.6 Å². The number of halogens is 1. The number of nitrogens with two attached hydrogens (primary N) is 1. The van der Waals surface area contributed by atoms with Crippen molar-refractivity contribution >= 4 is 28.2 Å². The van der Waals surface area contributed by atoms with Gasteiger partial charge in [-0.2, -0.15) is 0 Å². The number of nitrogen functional groups attached to an aromatic ring is 1. The van der Waals surface area contributed by atoms with Crippen LogP contribution in [0.2, 0.25) is 0 Å². The molecule has 154 valence electrons. The number of rotatable bonds is 1. The SMILES string of the molecule is CC1(C)C(NC(=O)O)=N[C@](C)(c2nc(N)ccc2F)[C@H]2CC3(CC3)CNS21O. The number of anilines is 1. The lowest BCUT2D eigenvalue weighted by Gasteiger charge is -2.62. The molecule has 3 aliphatic rings. The summed E-state index contributed by atoms with van der Waals surface area (Å²) in [5, 5.41) is 11.2. The van der Waals surface area contributed by atoms with Crippen LogP contribution in [-0.4, -0.2) is 43.1 Å². The van der Waals surface area contributed by atoms with Gasteiger partial charge in [0.2, 0.25) is 0 Å². The van der Waals surface area contributed by atoms with Crippen molar-refractivity contribution in [2.24, 2.45) is 10.4 Å². The molecule has 8 nitrogen and oxygen atoms in total. The third kappa shape index (κ3) is 2.61. The van der Waals surface area contributed by atoms with E-state index in [1.54, 1.807) is 20.8 Å². The van der Waals surface area contributed by atoms with Gasteiger partial charge in [-0.1, -0.05) is 10.5 Å². The first kappa shape index (κ1) is 19.4. The Morgan fingerprint density at radius 2 is 2.07 bits per heavy atom. The summed E-state index contributed by atoms with van der Waals surface area (Å²) in [6.45, 7) is 5.90. The maximum atomic E-state index is 14.9. The van der Waals surface area contributed by atoms with E-state index in [9.17, 15) is 18.8 Å². The summed E-state index contributed by atoms with van der Waals surface area (Å²) in [6, 6.07) is 2.61. The topological polar surface area (TPSA) is 133 Å². The number of pyridine rings is 1. The molecule has 1 unspecified atom stereocenters. The molecule has 3 atom stereocenters. The zero-order valence-electron chi connectivity index (χ0n) is 16.1. The lowest BCUT2D eigenvalue weighted by atomic mass is 9.84. The summed E-state index contributed by atoms with van der Waals surface area (Å²) in [7, 11) is -2.63. The minimum Gasteiger partial charge on any atom is -0.465 e. The van der Waals surface area contributed by atoms with Crippen LogP contribution in [-0.2, 0) is 5.54 Å². The average Bonchev–Trinajstić information content (AvgIpc) is 3.36. The second kappa shape index (κ2) is 5.80. The Balaban J connectivity index is 1.95. The van der Waals surface area contributed by atoms with Crippen molar-refractivity contribution in [3.8, 4) is 0 Å². The molecule has 1 amide bonds. The minimum absolute atomic E-state index is 0.0307. The molecule has 0 bridgehead atoms. The van der Waals surface area contributed by atoms with E-state index in [0.29, 0.717) is 13.0 Å². The Morgan fingerprint density at radius 1 is 1.39 bits per heavy atom. The highest BCUT2D eigenvalue weighted by molar-refractivity contribution is 8.29. The highest BCUT2D eigenvalue weighted by Gasteiger charge is 2.65. The number of nitrogens with one attached hydrogen (secondary N) is 2. The van der Waals surface area contributed by atoms with Crippen LogP contribution in [0.4, 0.5) is 15.0 Å². The van der Waals surface area contributed by atoms with Crippen molar-refractivity contribution in [1.29, 1.82) is 0 Å². The molecule has 3 heterocycles. The molecule has 1 saturated carbocycles. The lowest BCUT2D eigenvalue weighted by molar-refractivity contribution is 0.199. The molecule has 28 heavy (non-hydrogen) atoms. The van der Waals surface area contributed by atoms with Crippen LogP contribution in [0.3, 0.4) is 0 Å². The summed E-state index contributed by atoms with van der Waals surface area (Å²) in [6.07, 6.45) is 1.47. The monoisotopic (exact) mass is 411 g/mol. The lowest BCUT2D eigenvalue weighted by Crippen LogP contribution is -2.65. The Labute approximate surface area is 164 Å². The average molecular weight is 412 g/mol. The van der Waals surface area contributed by atoms with Crippen LogP contribution in [0.5, 0.6) is 0 Å². The molecule has 10 heteroatoms. The van der Waals surface area contributed by atoms with Gasteiger partial charge in [-0.15, -0.1) is 0 Å². The first-order valence-electron chi connectivity index (χ1n) is 9.25. The molecule has 1 aromatic rings. The largest absolute Gasteiger partial charge is 0.465 e. The Morgan fingerprint density at radius 3 is 2.68 bits per heavy atom. The Hall–Kier alpha value is -1.91. The summed E-state index contributed by atoms with van der Waals surface area (Å²) >= 11 is 0. The van der Waals surface area contributed by atoms with Crippen molar-refractivity contribution < 1.29 is 18.8 Å². The maximum absolute atomic E-state index is 14.9. The molecule has 1 aliphatic carbocycles. The van der Waals surface area contributed by atoms with E-state index < -0.39 is 37.9 Å². The number of hydrogen-bond acceptors (Lipinski definition) is 6. The predicted molar refractivity (Wildman–Crippen MR) is 107 cm³/mol. The summed E-state index contributed by atoms with van der Waals surface area (Å²) in [4.78, 5) is 20.3. The van der Waals surface area contributed by atoms with Gasteiger partial charge in [-0.3, -0.25) is 15.0 Å². The first-order valence-corrected chi connectivity index (χ1v) is 10.9. The zero-order valence-corrected chi connectivity index (χ0v) is 16.9. The molecule has 0 aromatic carbocycles. The molecule has 1 saturated heterocycles. The number of carbonyl (C=O) groups is 1. The summed E-state index contributed by atoms with van der Waals surface area (Å²) < 4.78 is 29.1. The second-order valence-electron chi connectivity index (χ2n) is 8.75. The molecule has 6 N–H and O–H groups in total. The number of hydrogen-bond donors (Lipinski definition) is 5. The van der Waals surface area contributed by atoms with Gasteiger partial charge in [-0.25, -0.2) is 14.2 Å². The van der Waals surface area contributed by atoms with Gasteiger partial charge in [0.15, 0.2) is 0 Å². The number of carboxylic acid groups (broad SMARTS) is 1.